The number of benzene rings is 1. The molecule has 4 heteroatoms. The molecule has 2 aromatic rings. The van der Waals surface area contributed by atoms with Crippen LogP contribution in [-0.2, 0) is 0 Å². The summed E-state index contributed by atoms with van der Waals surface area (Å²) in [6.45, 7) is 5.21. The molecule has 0 unspecified atom stereocenters. The number of hydrogen-bond acceptors (Lipinski definition) is 3. The Balaban J connectivity index is 2.23. The molecule has 18 heavy (non-hydrogen) atoms. The zero-order chi connectivity index (χ0) is 13.0. The van der Waals surface area contributed by atoms with Gasteiger partial charge in [0.25, 0.3) is 5.91 Å². The van der Waals surface area contributed by atoms with Gasteiger partial charge < -0.3 is 9.32 Å². The zero-order valence-corrected chi connectivity index (χ0v) is 10.6. The van der Waals surface area contributed by atoms with Gasteiger partial charge >= 0.3 is 0 Å². The van der Waals surface area contributed by atoms with Gasteiger partial charge in [-0.05, 0) is 26.0 Å². The molecule has 0 spiro atoms. The maximum atomic E-state index is 12.0. The number of carbonyl (C=O) groups excluding carboxylic acids is 1. The maximum absolute atomic E-state index is 12.0. The van der Waals surface area contributed by atoms with Gasteiger partial charge in [0.2, 0.25) is 11.7 Å². The fourth-order valence-corrected chi connectivity index (χ4v) is 1.75. The van der Waals surface area contributed by atoms with Gasteiger partial charge in [-0.2, -0.15) is 0 Å². The van der Waals surface area contributed by atoms with Gasteiger partial charge in [0.15, 0.2) is 0 Å². The van der Waals surface area contributed by atoms with Crippen LogP contribution in [0.2, 0.25) is 0 Å². The first-order chi connectivity index (χ1) is 8.76. The van der Waals surface area contributed by atoms with Crippen LogP contribution in [0.25, 0.3) is 11.5 Å². The number of rotatable bonds is 4. The molecule has 0 N–H and O–H groups in total. The Kier molecular flexibility index (Phi) is 3.77. The summed E-state index contributed by atoms with van der Waals surface area (Å²) in [7, 11) is 0. The van der Waals surface area contributed by atoms with Crippen LogP contribution in [0.4, 0.5) is 0 Å². The van der Waals surface area contributed by atoms with Gasteiger partial charge in [0, 0.05) is 18.7 Å². The number of amides is 1. The van der Waals surface area contributed by atoms with E-state index >= 15 is 0 Å². The van der Waals surface area contributed by atoms with E-state index in [0.717, 1.165) is 5.56 Å². The number of oxazole rings is 1. The first-order valence-electron chi connectivity index (χ1n) is 6.06. The summed E-state index contributed by atoms with van der Waals surface area (Å²) in [5.74, 6) is 0.651. The van der Waals surface area contributed by atoms with Crippen molar-refractivity contribution in [3.8, 4) is 11.5 Å². The minimum Gasteiger partial charge on any atom is -0.431 e. The van der Waals surface area contributed by atoms with Gasteiger partial charge in [0.1, 0.15) is 0 Å². The van der Waals surface area contributed by atoms with E-state index in [2.05, 4.69) is 4.98 Å². The summed E-state index contributed by atoms with van der Waals surface area (Å²) < 4.78 is 5.51. The van der Waals surface area contributed by atoms with Crippen LogP contribution in [0.15, 0.2) is 40.9 Å². The van der Waals surface area contributed by atoms with E-state index in [4.69, 9.17) is 4.42 Å². The van der Waals surface area contributed by atoms with Crippen LogP contribution in [0, 0.1) is 0 Å². The molecule has 1 amide bonds. The highest BCUT2D eigenvalue weighted by Gasteiger charge is 2.17. The quantitative estimate of drug-likeness (QED) is 0.830. The number of nitrogens with zero attached hydrogens (tertiary/aromatic N) is 2. The third kappa shape index (κ3) is 2.42. The van der Waals surface area contributed by atoms with E-state index in [-0.39, 0.29) is 11.7 Å². The van der Waals surface area contributed by atoms with Crippen molar-refractivity contribution in [3.63, 3.8) is 0 Å². The van der Waals surface area contributed by atoms with Crippen molar-refractivity contribution < 1.29 is 9.21 Å². The smallest absolute Gasteiger partial charge is 0.291 e. The van der Waals surface area contributed by atoms with Gasteiger partial charge in [-0.15, -0.1) is 0 Å². The Morgan fingerprint density at radius 2 is 1.89 bits per heavy atom. The maximum Gasteiger partial charge on any atom is 0.291 e. The van der Waals surface area contributed by atoms with Crippen molar-refractivity contribution in [2.24, 2.45) is 0 Å². The SMILES string of the molecule is CCN(CC)C(=O)c1cnc(-c2ccccc2)o1. The number of carbonyl (C=O) groups is 1. The fraction of sp³-hybridized carbons (Fsp3) is 0.286. The number of hydrogen-bond donors (Lipinski definition) is 0. The predicted octanol–water partition coefficient (Wildman–Crippen LogP) is 2.82. The van der Waals surface area contributed by atoms with Crippen LogP contribution in [0.1, 0.15) is 24.4 Å². The van der Waals surface area contributed by atoms with Crippen LogP contribution in [-0.4, -0.2) is 28.9 Å². The Bertz CT molecular complexity index is 516. The van der Waals surface area contributed by atoms with Gasteiger partial charge in [-0.3, -0.25) is 4.79 Å². The summed E-state index contributed by atoms with van der Waals surface area (Å²) in [5.41, 5.74) is 0.871. The third-order valence-corrected chi connectivity index (χ3v) is 2.79. The van der Waals surface area contributed by atoms with E-state index < -0.39 is 0 Å². The van der Waals surface area contributed by atoms with E-state index in [9.17, 15) is 4.79 Å². The Morgan fingerprint density at radius 3 is 2.50 bits per heavy atom. The predicted molar refractivity (Wildman–Crippen MR) is 69.2 cm³/mol. The van der Waals surface area contributed by atoms with Gasteiger partial charge in [-0.25, -0.2) is 4.98 Å². The molecule has 0 aliphatic rings. The van der Waals surface area contributed by atoms with Gasteiger partial charge in [0.05, 0.1) is 6.20 Å². The molecule has 0 aliphatic carbocycles. The monoisotopic (exact) mass is 244 g/mol. The summed E-state index contributed by atoms with van der Waals surface area (Å²) in [5, 5.41) is 0. The molecule has 0 atom stereocenters. The molecule has 0 fully saturated rings. The first kappa shape index (κ1) is 12.4. The molecule has 2 rings (SSSR count). The highest BCUT2D eigenvalue weighted by molar-refractivity contribution is 5.91. The summed E-state index contributed by atoms with van der Waals surface area (Å²) in [6.07, 6.45) is 1.49. The minimum atomic E-state index is -0.116. The lowest BCUT2D eigenvalue weighted by Crippen LogP contribution is -2.30. The van der Waals surface area contributed by atoms with Crippen LogP contribution < -0.4 is 0 Å². The Hall–Kier alpha value is -2.10. The topological polar surface area (TPSA) is 46.3 Å². The van der Waals surface area contributed by atoms with E-state index in [0.29, 0.717) is 19.0 Å². The molecule has 0 saturated heterocycles. The highest BCUT2D eigenvalue weighted by Crippen LogP contribution is 2.19. The first-order valence-corrected chi connectivity index (χ1v) is 6.06. The van der Waals surface area contributed by atoms with Crippen molar-refractivity contribution in [1.82, 2.24) is 9.88 Å². The van der Waals surface area contributed by atoms with Crippen LogP contribution >= 0.6 is 0 Å². The molecule has 4 nitrogen and oxygen atoms in total. The zero-order valence-electron chi connectivity index (χ0n) is 10.6. The van der Waals surface area contributed by atoms with Crippen LogP contribution in [0.3, 0.4) is 0 Å². The fourth-order valence-electron chi connectivity index (χ4n) is 1.75. The number of aromatic nitrogens is 1. The molecule has 0 bridgehead atoms. The Morgan fingerprint density at radius 1 is 1.22 bits per heavy atom. The van der Waals surface area contributed by atoms with E-state index in [1.807, 2.05) is 44.2 Å². The average molecular weight is 244 g/mol. The van der Waals surface area contributed by atoms with Crippen molar-refractivity contribution >= 4 is 5.91 Å². The average Bonchev–Trinajstić information content (AvgIpc) is 2.90. The molecule has 0 saturated carbocycles. The second-order valence-corrected chi connectivity index (χ2v) is 3.87. The van der Waals surface area contributed by atoms with Crippen molar-refractivity contribution in [2.75, 3.05) is 13.1 Å². The van der Waals surface area contributed by atoms with Crippen molar-refractivity contribution in [1.29, 1.82) is 0 Å². The second-order valence-electron chi connectivity index (χ2n) is 3.87. The lowest BCUT2D eigenvalue weighted by molar-refractivity contribution is 0.0742. The summed E-state index contributed by atoms with van der Waals surface area (Å²) in [4.78, 5) is 17.9. The van der Waals surface area contributed by atoms with Crippen LogP contribution in [0.5, 0.6) is 0 Å². The molecule has 0 aliphatic heterocycles. The highest BCUT2D eigenvalue weighted by atomic mass is 16.4. The lowest BCUT2D eigenvalue weighted by atomic mass is 10.2. The summed E-state index contributed by atoms with van der Waals surface area (Å²) in [6, 6.07) is 9.54. The largest absolute Gasteiger partial charge is 0.431 e. The lowest BCUT2D eigenvalue weighted by Gasteiger charge is -2.16. The third-order valence-electron chi connectivity index (χ3n) is 2.79. The molecule has 1 heterocycles. The summed E-state index contributed by atoms with van der Waals surface area (Å²) >= 11 is 0. The molecule has 1 aromatic heterocycles. The molecule has 1 aromatic carbocycles. The minimum absolute atomic E-state index is 0.116. The Labute approximate surface area is 106 Å². The van der Waals surface area contributed by atoms with Crippen molar-refractivity contribution in [2.45, 2.75) is 13.8 Å². The standard InChI is InChI=1S/C14H16N2O2/c1-3-16(4-2)14(17)12-10-15-13(18-12)11-8-6-5-7-9-11/h5-10H,3-4H2,1-2H3. The molecular formula is C14H16N2O2. The molecular weight excluding hydrogens is 228 g/mol. The van der Waals surface area contributed by atoms with E-state index in [1.165, 1.54) is 6.20 Å². The van der Waals surface area contributed by atoms with Crippen molar-refractivity contribution in [3.05, 3.63) is 42.3 Å². The van der Waals surface area contributed by atoms with Gasteiger partial charge in [-0.1, -0.05) is 18.2 Å². The van der Waals surface area contributed by atoms with E-state index in [1.54, 1.807) is 4.90 Å². The molecule has 0 radical (unpaired) electrons. The normalized spacial score (nSPS) is 10.3. The second kappa shape index (κ2) is 5.49. The molecule has 94 valence electrons.